The zero-order chi connectivity index (χ0) is 27.8. The maximum absolute atomic E-state index is 13.7. The predicted molar refractivity (Wildman–Crippen MR) is 141 cm³/mol. The number of phenolic OH excluding ortho intramolecular Hbond substituents is 1. The molecule has 1 aliphatic rings. The molecule has 1 atom stereocenters. The molecule has 0 amide bonds. The number of ether oxygens (including phenoxy) is 6. The van der Waals surface area contributed by atoms with Crippen LogP contribution in [0.25, 0.3) is 22.1 Å². The number of benzene rings is 3. The molecule has 0 fully saturated rings. The maximum atomic E-state index is 13.7. The van der Waals surface area contributed by atoms with Gasteiger partial charge in [-0.1, -0.05) is 6.07 Å². The summed E-state index contributed by atoms with van der Waals surface area (Å²) in [5.74, 6) is 0.763. The van der Waals surface area contributed by atoms with Gasteiger partial charge < -0.3 is 37.9 Å². The number of aromatic hydroxyl groups is 1. The molecule has 39 heavy (non-hydrogen) atoms. The molecule has 202 valence electrons. The monoisotopic (exact) mass is 534 g/mol. The maximum Gasteiger partial charge on any atom is 0.312 e. The van der Waals surface area contributed by atoms with E-state index in [9.17, 15) is 14.7 Å². The van der Waals surface area contributed by atoms with E-state index in [-0.39, 0.29) is 34.5 Å². The summed E-state index contributed by atoms with van der Waals surface area (Å²) in [7, 11) is 7.51. The Morgan fingerprint density at radius 2 is 1.44 bits per heavy atom. The van der Waals surface area contributed by atoms with Gasteiger partial charge in [0.2, 0.25) is 5.43 Å². The number of rotatable bonds is 7. The molecular weight excluding hydrogens is 508 g/mol. The molecule has 0 bridgehead atoms. The van der Waals surface area contributed by atoms with Gasteiger partial charge in [-0.3, -0.25) is 9.59 Å². The Morgan fingerprint density at radius 3 is 2.10 bits per heavy atom. The van der Waals surface area contributed by atoms with E-state index in [0.717, 1.165) is 0 Å². The van der Waals surface area contributed by atoms with Crippen LogP contribution in [0.15, 0.2) is 51.9 Å². The van der Waals surface area contributed by atoms with Crippen LogP contribution in [0.5, 0.6) is 40.2 Å². The standard InChI is InChI=1S/C29H26O10/c1-33-19-7-6-14(8-21(19)35-3)17-13-38-29-26-16(15-9-22(36-4)23(37-5)12-20(15)34-2)10-25(31)39-24(26)11-18(30)27(29)28(17)32/h6-9,11-13,16,30H,10H2,1-5H3/t16-/m0/s1. The molecule has 3 aromatic carbocycles. The van der Waals surface area contributed by atoms with Crippen LogP contribution < -0.4 is 33.8 Å². The second-order valence-electron chi connectivity index (χ2n) is 8.74. The van der Waals surface area contributed by atoms with Gasteiger partial charge in [0, 0.05) is 29.2 Å². The van der Waals surface area contributed by atoms with Crippen LogP contribution in [0.2, 0.25) is 0 Å². The van der Waals surface area contributed by atoms with E-state index in [0.29, 0.717) is 45.4 Å². The molecule has 10 heteroatoms. The molecule has 1 aromatic heterocycles. The highest BCUT2D eigenvalue weighted by Gasteiger charge is 2.36. The van der Waals surface area contributed by atoms with Gasteiger partial charge in [-0.05, 0) is 23.8 Å². The van der Waals surface area contributed by atoms with Crippen molar-refractivity contribution in [2.75, 3.05) is 35.5 Å². The van der Waals surface area contributed by atoms with Crippen LogP contribution in [0.1, 0.15) is 23.5 Å². The molecule has 1 N–H and O–H groups in total. The van der Waals surface area contributed by atoms with Gasteiger partial charge in [0.05, 0.1) is 47.5 Å². The number of methoxy groups -OCH3 is 5. The van der Waals surface area contributed by atoms with Crippen molar-refractivity contribution in [3.63, 3.8) is 0 Å². The summed E-state index contributed by atoms with van der Waals surface area (Å²) in [6.07, 6.45) is 1.24. The fraction of sp³-hybridized carbons (Fsp3) is 0.241. The summed E-state index contributed by atoms with van der Waals surface area (Å²) in [4.78, 5) is 26.4. The largest absolute Gasteiger partial charge is 0.507 e. The number of carbonyl (C=O) groups excluding carboxylic acids is 1. The minimum Gasteiger partial charge on any atom is -0.507 e. The summed E-state index contributed by atoms with van der Waals surface area (Å²) >= 11 is 0. The third-order valence-electron chi connectivity index (χ3n) is 6.78. The molecular formula is C29H26O10. The molecule has 0 radical (unpaired) electrons. The number of fused-ring (bicyclic) bond motifs is 3. The lowest BCUT2D eigenvalue weighted by Crippen LogP contribution is -2.22. The van der Waals surface area contributed by atoms with Gasteiger partial charge in [0.25, 0.3) is 0 Å². The lowest BCUT2D eigenvalue weighted by Gasteiger charge is -2.27. The highest BCUT2D eigenvalue weighted by Crippen LogP contribution is 2.49. The molecule has 0 saturated heterocycles. The lowest BCUT2D eigenvalue weighted by atomic mass is 9.84. The van der Waals surface area contributed by atoms with E-state index in [1.165, 1.54) is 47.9 Å². The highest BCUT2D eigenvalue weighted by atomic mass is 16.5. The molecule has 5 rings (SSSR count). The summed E-state index contributed by atoms with van der Waals surface area (Å²) in [5.41, 5.74) is 1.33. The van der Waals surface area contributed by atoms with Crippen molar-refractivity contribution < 1.29 is 42.7 Å². The van der Waals surface area contributed by atoms with E-state index in [1.807, 2.05) is 0 Å². The van der Waals surface area contributed by atoms with Gasteiger partial charge >= 0.3 is 5.97 Å². The summed E-state index contributed by atoms with van der Waals surface area (Å²) in [6.45, 7) is 0. The number of hydrogen-bond acceptors (Lipinski definition) is 10. The number of phenols is 1. The third-order valence-corrected chi connectivity index (χ3v) is 6.78. The highest BCUT2D eigenvalue weighted by molar-refractivity contribution is 5.94. The van der Waals surface area contributed by atoms with Crippen molar-refractivity contribution in [2.24, 2.45) is 0 Å². The molecule has 4 aromatic rings. The smallest absolute Gasteiger partial charge is 0.312 e. The fourth-order valence-corrected chi connectivity index (χ4v) is 4.93. The second-order valence-corrected chi connectivity index (χ2v) is 8.74. The summed E-state index contributed by atoms with van der Waals surface area (Å²) < 4.78 is 38.6. The molecule has 2 heterocycles. The van der Waals surface area contributed by atoms with E-state index >= 15 is 0 Å². The van der Waals surface area contributed by atoms with Gasteiger partial charge in [-0.2, -0.15) is 0 Å². The summed E-state index contributed by atoms with van der Waals surface area (Å²) in [5, 5.41) is 10.8. The first-order valence-corrected chi connectivity index (χ1v) is 11.9. The van der Waals surface area contributed by atoms with Gasteiger partial charge in [-0.15, -0.1) is 0 Å². The fourth-order valence-electron chi connectivity index (χ4n) is 4.93. The first-order valence-electron chi connectivity index (χ1n) is 11.9. The lowest BCUT2D eigenvalue weighted by molar-refractivity contribution is -0.135. The second kappa shape index (κ2) is 10.1. The Morgan fingerprint density at radius 1 is 0.795 bits per heavy atom. The molecule has 0 saturated carbocycles. The van der Waals surface area contributed by atoms with Crippen molar-refractivity contribution in [1.29, 1.82) is 0 Å². The number of carbonyl (C=O) groups is 1. The normalized spacial score (nSPS) is 14.4. The van der Waals surface area contributed by atoms with Crippen LogP contribution in [-0.2, 0) is 4.79 Å². The predicted octanol–water partition coefficient (Wildman–Crippen LogP) is 4.65. The number of hydrogen-bond donors (Lipinski definition) is 1. The SMILES string of the molecule is COc1ccc(-c2coc3c4c(cc(O)c3c2=O)OC(=O)C[C@H]4c2cc(OC)c(OC)cc2OC)cc1OC. The van der Waals surface area contributed by atoms with E-state index in [4.69, 9.17) is 32.8 Å². The Hall–Kier alpha value is -4.86. The minimum absolute atomic E-state index is 0.0524. The first-order chi connectivity index (χ1) is 18.8. The Kier molecular flexibility index (Phi) is 6.69. The average Bonchev–Trinajstić information content (AvgIpc) is 2.95. The molecule has 0 unspecified atom stereocenters. The van der Waals surface area contributed by atoms with Crippen LogP contribution >= 0.6 is 0 Å². The van der Waals surface area contributed by atoms with E-state index in [1.54, 1.807) is 30.3 Å². The first kappa shape index (κ1) is 25.8. The van der Waals surface area contributed by atoms with Crippen molar-refractivity contribution in [2.45, 2.75) is 12.3 Å². The van der Waals surface area contributed by atoms with Gasteiger partial charge in [0.15, 0.2) is 23.0 Å². The van der Waals surface area contributed by atoms with Gasteiger partial charge in [-0.25, -0.2) is 0 Å². The van der Waals surface area contributed by atoms with Crippen molar-refractivity contribution in [3.05, 3.63) is 64.0 Å². The molecule has 1 aliphatic heterocycles. The van der Waals surface area contributed by atoms with Crippen LogP contribution in [0.4, 0.5) is 0 Å². The van der Waals surface area contributed by atoms with Crippen molar-refractivity contribution >= 4 is 16.9 Å². The zero-order valence-electron chi connectivity index (χ0n) is 21.9. The summed E-state index contributed by atoms with van der Waals surface area (Å²) in [6, 6.07) is 9.62. The van der Waals surface area contributed by atoms with Gasteiger partial charge in [0.1, 0.15) is 34.5 Å². The van der Waals surface area contributed by atoms with Crippen LogP contribution in [0.3, 0.4) is 0 Å². The molecule has 10 nitrogen and oxygen atoms in total. The van der Waals surface area contributed by atoms with E-state index in [2.05, 4.69) is 0 Å². The third kappa shape index (κ3) is 4.23. The Labute approximate surface area is 223 Å². The topological polar surface area (TPSA) is 123 Å². The van der Waals surface area contributed by atoms with Crippen LogP contribution in [-0.4, -0.2) is 46.6 Å². The minimum atomic E-state index is -0.644. The Balaban J connectivity index is 1.76. The van der Waals surface area contributed by atoms with Crippen LogP contribution in [0, 0.1) is 0 Å². The quantitative estimate of drug-likeness (QED) is 0.265. The average molecular weight is 535 g/mol. The van der Waals surface area contributed by atoms with Crippen molar-refractivity contribution in [1.82, 2.24) is 0 Å². The number of esters is 1. The van der Waals surface area contributed by atoms with E-state index < -0.39 is 17.3 Å². The Bertz CT molecular complexity index is 1650. The molecule has 0 spiro atoms. The zero-order valence-corrected chi connectivity index (χ0v) is 21.9. The molecule has 0 aliphatic carbocycles. The van der Waals surface area contributed by atoms with Crippen molar-refractivity contribution in [3.8, 4) is 51.4 Å².